The Kier molecular flexibility index (Phi) is 4.33. The Hall–Kier alpha value is -0.830. The van der Waals surface area contributed by atoms with Gasteiger partial charge in [-0.25, -0.2) is 4.98 Å². The maximum atomic E-state index is 4.46. The average molecular weight is 209 g/mol. The van der Waals surface area contributed by atoms with Crippen LogP contribution in [-0.4, -0.2) is 16.6 Å². The molecule has 0 amide bonds. The first-order valence-electron chi connectivity index (χ1n) is 5.73. The van der Waals surface area contributed by atoms with Crippen molar-refractivity contribution in [1.82, 2.24) is 14.9 Å². The second-order valence-corrected chi connectivity index (χ2v) is 4.90. The summed E-state index contributed by atoms with van der Waals surface area (Å²) in [5.41, 5.74) is 1.15. The van der Waals surface area contributed by atoms with E-state index in [0.29, 0.717) is 17.9 Å². The number of imidazole rings is 1. The molecule has 1 aromatic heterocycles. The van der Waals surface area contributed by atoms with Crippen molar-refractivity contribution in [1.29, 1.82) is 0 Å². The molecule has 0 bridgehead atoms. The second-order valence-electron chi connectivity index (χ2n) is 4.90. The molecule has 1 aromatic rings. The van der Waals surface area contributed by atoms with E-state index in [9.17, 15) is 0 Å². The molecular formula is C12H23N3. The summed E-state index contributed by atoms with van der Waals surface area (Å²) in [5.74, 6) is 1.23. The summed E-state index contributed by atoms with van der Waals surface area (Å²) in [6, 6.07) is 0.360. The largest absolute Gasteiger partial charge is 0.337 e. The van der Waals surface area contributed by atoms with E-state index in [1.165, 1.54) is 0 Å². The molecule has 3 heteroatoms. The lowest BCUT2D eigenvalue weighted by Crippen LogP contribution is -2.22. The molecule has 0 aliphatic carbocycles. The maximum Gasteiger partial charge on any atom is 0.0950 e. The minimum Gasteiger partial charge on any atom is -0.337 e. The van der Waals surface area contributed by atoms with Gasteiger partial charge in [-0.1, -0.05) is 27.7 Å². The monoisotopic (exact) mass is 209 g/mol. The SMILES string of the molecule is CN[C@H](c1cn(CC(C)C)cn1)C(C)C. The first kappa shape index (κ1) is 12.2. The first-order chi connectivity index (χ1) is 7.04. The molecule has 3 nitrogen and oxygen atoms in total. The summed E-state index contributed by atoms with van der Waals surface area (Å²) < 4.78 is 2.17. The van der Waals surface area contributed by atoms with Crippen molar-refractivity contribution in [3.8, 4) is 0 Å². The first-order valence-corrected chi connectivity index (χ1v) is 5.73. The van der Waals surface area contributed by atoms with Gasteiger partial charge in [-0.2, -0.15) is 0 Å². The molecule has 0 saturated carbocycles. The number of rotatable bonds is 5. The van der Waals surface area contributed by atoms with Crippen LogP contribution in [0.1, 0.15) is 39.4 Å². The summed E-state index contributed by atoms with van der Waals surface area (Å²) in [6.07, 6.45) is 4.09. The second kappa shape index (κ2) is 5.31. The van der Waals surface area contributed by atoms with Crippen molar-refractivity contribution in [3.05, 3.63) is 18.2 Å². The smallest absolute Gasteiger partial charge is 0.0950 e. The van der Waals surface area contributed by atoms with Gasteiger partial charge in [0, 0.05) is 12.7 Å². The van der Waals surface area contributed by atoms with Crippen LogP contribution < -0.4 is 5.32 Å². The Bertz CT molecular complexity index is 289. The molecular weight excluding hydrogens is 186 g/mol. The zero-order valence-corrected chi connectivity index (χ0v) is 10.5. The van der Waals surface area contributed by atoms with Gasteiger partial charge in [-0.15, -0.1) is 0 Å². The van der Waals surface area contributed by atoms with E-state index < -0.39 is 0 Å². The van der Waals surface area contributed by atoms with E-state index in [0.717, 1.165) is 12.2 Å². The van der Waals surface area contributed by atoms with Crippen LogP contribution in [0.4, 0.5) is 0 Å². The zero-order valence-electron chi connectivity index (χ0n) is 10.5. The molecule has 0 saturated heterocycles. The molecule has 1 heterocycles. The van der Waals surface area contributed by atoms with Crippen molar-refractivity contribution in [3.63, 3.8) is 0 Å². The zero-order chi connectivity index (χ0) is 11.4. The van der Waals surface area contributed by atoms with Gasteiger partial charge in [0.15, 0.2) is 0 Å². The van der Waals surface area contributed by atoms with Crippen molar-refractivity contribution >= 4 is 0 Å². The lowest BCUT2D eigenvalue weighted by molar-refractivity contribution is 0.434. The fourth-order valence-corrected chi connectivity index (χ4v) is 1.88. The Labute approximate surface area is 92.9 Å². The topological polar surface area (TPSA) is 29.9 Å². The van der Waals surface area contributed by atoms with E-state index in [4.69, 9.17) is 0 Å². The Balaban J connectivity index is 2.73. The predicted octanol–water partition coefficient (Wildman–Crippen LogP) is 2.46. The van der Waals surface area contributed by atoms with E-state index in [1.807, 2.05) is 13.4 Å². The number of hydrogen-bond acceptors (Lipinski definition) is 2. The summed E-state index contributed by atoms with van der Waals surface area (Å²) >= 11 is 0. The molecule has 0 unspecified atom stereocenters. The molecule has 0 fully saturated rings. The van der Waals surface area contributed by atoms with Crippen LogP contribution in [0.3, 0.4) is 0 Å². The van der Waals surface area contributed by atoms with E-state index in [1.54, 1.807) is 0 Å². The number of aromatic nitrogens is 2. The minimum absolute atomic E-state index is 0.360. The molecule has 1 atom stereocenters. The van der Waals surface area contributed by atoms with Crippen molar-refractivity contribution < 1.29 is 0 Å². The molecule has 0 aromatic carbocycles. The van der Waals surface area contributed by atoms with Crippen LogP contribution in [0.2, 0.25) is 0 Å². The Morgan fingerprint density at radius 1 is 1.33 bits per heavy atom. The van der Waals surface area contributed by atoms with Crippen LogP contribution >= 0.6 is 0 Å². The van der Waals surface area contributed by atoms with Gasteiger partial charge in [0.1, 0.15) is 0 Å². The molecule has 0 aliphatic rings. The van der Waals surface area contributed by atoms with E-state index in [-0.39, 0.29) is 0 Å². The van der Waals surface area contributed by atoms with Crippen molar-refractivity contribution in [2.24, 2.45) is 11.8 Å². The molecule has 0 radical (unpaired) electrons. The van der Waals surface area contributed by atoms with Gasteiger partial charge in [0.25, 0.3) is 0 Å². The highest BCUT2D eigenvalue weighted by Gasteiger charge is 2.15. The van der Waals surface area contributed by atoms with E-state index >= 15 is 0 Å². The van der Waals surface area contributed by atoms with Crippen LogP contribution in [0, 0.1) is 11.8 Å². The van der Waals surface area contributed by atoms with Gasteiger partial charge in [0.05, 0.1) is 18.1 Å². The summed E-state index contributed by atoms with van der Waals surface area (Å²) in [4.78, 5) is 4.46. The normalized spacial score (nSPS) is 13.8. The van der Waals surface area contributed by atoms with Crippen LogP contribution in [-0.2, 0) is 6.54 Å². The highest BCUT2D eigenvalue weighted by Crippen LogP contribution is 2.19. The highest BCUT2D eigenvalue weighted by atomic mass is 15.1. The predicted molar refractivity (Wildman–Crippen MR) is 63.7 cm³/mol. The lowest BCUT2D eigenvalue weighted by Gasteiger charge is -2.17. The lowest BCUT2D eigenvalue weighted by atomic mass is 10.0. The summed E-state index contributed by atoms with van der Waals surface area (Å²) in [7, 11) is 1.99. The van der Waals surface area contributed by atoms with Gasteiger partial charge in [-0.05, 0) is 18.9 Å². The van der Waals surface area contributed by atoms with Crippen LogP contribution in [0.25, 0.3) is 0 Å². The van der Waals surface area contributed by atoms with Crippen LogP contribution in [0.15, 0.2) is 12.5 Å². The standard InChI is InChI=1S/C12H23N3/c1-9(2)6-15-7-11(14-8-15)12(13-5)10(3)4/h7-10,12-13H,6H2,1-5H3/t12-/m0/s1. The van der Waals surface area contributed by atoms with Gasteiger partial charge >= 0.3 is 0 Å². The van der Waals surface area contributed by atoms with Crippen molar-refractivity contribution in [2.75, 3.05) is 7.05 Å². The quantitative estimate of drug-likeness (QED) is 0.807. The number of nitrogens with zero attached hydrogens (tertiary/aromatic N) is 2. The van der Waals surface area contributed by atoms with Crippen molar-refractivity contribution in [2.45, 2.75) is 40.3 Å². The van der Waals surface area contributed by atoms with E-state index in [2.05, 4.69) is 48.8 Å². The molecule has 86 valence electrons. The average Bonchev–Trinajstić information content (AvgIpc) is 2.52. The maximum absolute atomic E-state index is 4.46. The fourth-order valence-electron chi connectivity index (χ4n) is 1.88. The third kappa shape index (κ3) is 3.34. The number of nitrogens with one attached hydrogen (secondary N) is 1. The molecule has 0 aliphatic heterocycles. The Morgan fingerprint density at radius 2 is 2.00 bits per heavy atom. The van der Waals surface area contributed by atoms with Gasteiger partial charge < -0.3 is 9.88 Å². The molecule has 0 spiro atoms. The molecule has 1 rings (SSSR count). The molecule has 15 heavy (non-hydrogen) atoms. The highest BCUT2D eigenvalue weighted by molar-refractivity contribution is 5.04. The van der Waals surface area contributed by atoms with Crippen LogP contribution in [0.5, 0.6) is 0 Å². The molecule has 1 N–H and O–H groups in total. The summed E-state index contributed by atoms with van der Waals surface area (Å²) in [6.45, 7) is 9.90. The summed E-state index contributed by atoms with van der Waals surface area (Å²) in [5, 5.41) is 3.31. The number of hydrogen-bond donors (Lipinski definition) is 1. The van der Waals surface area contributed by atoms with Gasteiger partial charge in [0.2, 0.25) is 0 Å². The fraction of sp³-hybridized carbons (Fsp3) is 0.750. The third-order valence-electron chi connectivity index (χ3n) is 2.53. The minimum atomic E-state index is 0.360. The third-order valence-corrected chi connectivity index (χ3v) is 2.53. The van der Waals surface area contributed by atoms with Gasteiger partial charge in [-0.3, -0.25) is 0 Å². The Morgan fingerprint density at radius 3 is 2.47 bits per heavy atom.